The summed E-state index contributed by atoms with van der Waals surface area (Å²) in [6.07, 6.45) is 0. The number of hydrogen-bond acceptors (Lipinski definition) is 5. The Morgan fingerprint density at radius 3 is 2.17 bits per heavy atom. The van der Waals surface area contributed by atoms with E-state index in [-0.39, 0.29) is 13.2 Å². The fourth-order valence-corrected chi connectivity index (χ4v) is 3.14. The molecule has 1 aliphatic rings. The molecule has 0 spiro atoms. The van der Waals surface area contributed by atoms with Crippen molar-refractivity contribution in [2.24, 2.45) is 5.41 Å². The van der Waals surface area contributed by atoms with Gasteiger partial charge in [0.25, 0.3) is 0 Å². The standard InChI is InChI=1S/C17H19NO5/c1-4-23-14(21)10-18-15(13-8-6-5-7-9-13)17(11(2)19,12(3)20)16(18)22/h5-9,15H,4,10H2,1-3H3/t15-/m1/s1. The highest BCUT2D eigenvalue weighted by Crippen LogP contribution is 2.51. The number of amides is 1. The van der Waals surface area contributed by atoms with Gasteiger partial charge in [0.05, 0.1) is 12.6 Å². The molecule has 0 N–H and O–H groups in total. The van der Waals surface area contributed by atoms with Crippen molar-refractivity contribution in [1.82, 2.24) is 4.90 Å². The first kappa shape index (κ1) is 16.9. The van der Waals surface area contributed by atoms with E-state index in [0.29, 0.717) is 5.56 Å². The van der Waals surface area contributed by atoms with E-state index >= 15 is 0 Å². The molecule has 0 unspecified atom stereocenters. The molecule has 1 aliphatic heterocycles. The zero-order chi connectivity index (χ0) is 17.2. The Hall–Kier alpha value is -2.50. The van der Waals surface area contributed by atoms with Crippen molar-refractivity contribution in [3.63, 3.8) is 0 Å². The van der Waals surface area contributed by atoms with E-state index in [1.807, 2.05) is 0 Å². The number of carbonyl (C=O) groups is 4. The molecule has 1 atom stereocenters. The molecule has 0 bridgehead atoms. The normalized spacial score (nSPS) is 19.0. The minimum absolute atomic E-state index is 0.196. The van der Waals surface area contributed by atoms with Gasteiger partial charge in [-0.25, -0.2) is 0 Å². The maximum Gasteiger partial charge on any atom is 0.325 e. The number of hydrogen-bond donors (Lipinski definition) is 0. The van der Waals surface area contributed by atoms with E-state index < -0.39 is 34.9 Å². The smallest absolute Gasteiger partial charge is 0.325 e. The van der Waals surface area contributed by atoms with Crippen molar-refractivity contribution in [1.29, 1.82) is 0 Å². The molecule has 2 rings (SSSR count). The van der Waals surface area contributed by atoms with Crippen molar-refractivity contribution >= 4 is 23.4 Å². The Kier molecular flexibility index (Phi) is 4.63. The summed E-state index contributed by atoms with van der Waals surface area (Å²) in [5.74, 6) is -2.23. The van der Waals surface area contributed by atoms with E-state index in [1.165, 1.54) is 18.7 Å². The lowest BCUT2D eigenvalue weighted by Crippen LogP contribution is -2.70. The van der Waals surface area contributed by atoms with Crippen LogP contribution in [0.15, 0.2) is 30.3 Å². The average molecular weight is 317 g/mol. The van der Waals surface area contributed by atoms with E-state index in [9.17, 15) is 19.2 Å². The number of Topliss-reactive ketones (excluding diaryl/α,β-unsaturated/α-hetero) is 2. The lowest BCUT2D eigenvalue weighted by molar-refractivity contribution is -0.184. The Labute approximate surface area is 134 Å². The molecule has 1 aromatic carbocycles. The second kappa shape index (κ2) is 6.32. The van der Waals surface area contributed by atoms with Gasteiger partial charge in [-0.2, -0.15) is 0 Å². The van der Waals surface area contributed by atoms with Gasteiger partial charge in [-0.1, -0.05) is 30.3 Å². The third-order valence-corrected chi connectivity index (χ3v) is 4.15. The molecule has 1 amide bonds. The lowest BCUT2D eigenvalue weighted by atomic mass is 9.63. The number of rotatable bonds is 6. The van der Waals surface area contributed by atoms with Gasteiger partial charge in [-0.15, -0.1) is 0 Å². The summed E-state index contributed by atoms with van der Waals surface area (Å²) in [6, 6.07) is 7.99. The molecule has 1 aromatic rings. The summed E-state index contributed by atoms with van der Waals surface area (Å²) >= 11 is 0. The van der Waals surface area contributed by atoms with Crippen molar-refractivity contribution in [3.05, 3.63) is 35.9 Å². The molecule has 6 nitrogen and oxygen atoms in total. The summed E-state index contributed by atoms with van der Waals surface area (Å²) in [7, 11) is 0. The van der Waals surface area contributed by atoms with E-state index in [4.69, 9.17) is 4.74 Å². The number of benzene rings is 1. The number of β-lactam (4-membered cyclic amide) rings is 1. The van der Waals surface area contributed by atoms with Crippen molar-refractivity contribution < 1.29 is 23.9 Å². The molecule has 1 heterocycles. The lowest BCUT2D eigenvalue weighted by Gasteiger charge is -2.53. The topological polar surface area (TPSA) is 80.8 Å². The van der Waals surface area contributed by atoms with Crippen LogP contribution in [0.5, 0.6) is 0 Å². The fourth-order valence-electron chi connectivity index (χ4n) is 3.14. The van der Waals surface area contributed by atoms with Crippen molar-refractivity contribution in [2.75, 3.05) is 13.2 Å². The van der Waals surface area contributed by atoms with Crippen LogP contribution in [-0.2, 0) is 23.9 Å². The molecular weight excluding hydrogens is 298 g/mol. The molecule has 0 aromatic heterocycles. The maximum absolute atomic E-state index is 12.6. The van der Waals surface area contributed by atoms with Crippen LogP contribution >= 0.6 is 0 Å². The number of ketones is 2. The van der Waals surface area contributed by atoms with Gasteiger partial charge in [-0.3, -0.25) is 19.2 Å². The highest BCUT2D eigenvalue weighted by Gasteiger charge is 2.67. The SMILES string of the molecule is CCOC(=O)CN1C(=O)C(C(C)=O)(C(C)=O)[C@H]1c1ccccc1. The number of nitrogens with zero attached hydrogens (tertiary/aromatic N) is 1. The van der Waals surface area contributed by atoms with Crippen molar-refractivity contribution in [2.45, 2.75) is 26.8 Å². The first-order valence-electron chi connectivity index (χ1n) is 7.41. The van der Waals surface area contributed by atoms with E-state index in [0.717, 1.165) is 0 Å². The van der Waals surface area contributed by atoms with Crippen LogP contribution in [0.4, 0.5) is 0 Å². The van der Waals surface area contributed by atoms with Crippen LogP contribution < -0.4 is 0 Å². The largest absolute Gasteiger partial charge is 0.465 e. The van der Waals surface area contributed by atoms with Crippen LogP contribution in [0.1, 0.15) is 32.4 Å². The molecular formula is C17H19NO5. The monoisotopic (exact) mass is 317 g/mol. The summed E-state index contributed by atoms with van der Waals surface area (Å²) in [5.41, 5.74) is -1.10. The van der Waals surface area contributed by atoms with Gasteiger partial charge in [0.2, 0.25) is 5.91 Å². The van der Waals surface area contributed by atoms with Crippen LogP contribution in [0.25, 0.3) is 0 Å². The Morgan fingerprint density at radius 1 is 1.13 bits per heavy atom. The molecule has 6 heteroatoms. The van der Waals surface area contributed by atoms with Crippen LogP contribution in [-0.4, -0.2) is 41.5 Å². The summed E-state index contributed by atoms with van der Waals surface area (Å²) in [4.78, 5) is 49.8. The van der Waals surface area contributed by atoms with E-state index in [2.05, 4.69) is 0 Å². The van der Waals surface area contributed by atoms with E-state index in [1.54, 1.807) is 37.3 Å². The summed E-state index contributed by atoms with van der Waals surface area (Å²) < 4.78 is 4.87. The van der Waals surface area contributed by atoms with Crippen molar-refractivity contribution in [3.8, 4) is 0 Å². The second-order valence-electron chi connectivity index (χ2n) is 5.47. The summed E-state index contributed by atoms with van der Waals surface area (Å²) in [6.45, 7) is 4.05. The number of likely N-dealkylation sites (tertiary alicyclic amines) is 1. The quantitative estimate of drug-likeness (QED) is 0.449. The predicted molar refractivity (Wildman–Crippen MR) is 81.3 cm³/mol. The minimum Gasteiger partial charge on any atom is -0.465 e. The first-order chi connectivity index (χ1) is 10.9. The minimum atomic E-state index is -1.74. The molecule has 0 radical (unpaired) electrons. The Morgan fingerprint density at radius 2 is 1.70 bits per heavy atom. The number of esters is 1. The van der Waals surface area contributed by atoms with Gasteiger partial charge < -0.3 is 9.64 Å². The van der Waals surface area contributed by atoms with Gasteiger partial charge in [-0.05, 0) is 26.3 Å². The van der Waals surface area contributed by atoms with Crippen LogP contribution in [0, 0.1) is 5.41 Å². The van der Waals surface area contributed by atoms with Crippen LogP contribution in [0.3, 0.4) is 0 Å². The van der Waals surface area contributed by atoms with Gasteiger partial charge >= 0.3 is 5.97 Å². The maximum atomic E-state index is 12.6. The Balaban J connectivity index is 2.45. The molecule has 0 aliphatic carbocycles. The Bertz CT molecular complexity index is 638. The molecule has 122 valence electrons. The fraction of sp³-hybridized carbons (Fsp3) is 0.412. The van der Waals surface area contributed by atoms with Crippen LogP contribution in [0.2, 0.25) is 0 Å². The molecule has 0 saturated carbocycles. The third-order valence-electron chi connectivity index (χ3n) is 4.15. The van der Waals surface area contributed by atoms with Gasteiger partial charge in [0, 0.05) is 0 Å². The highest BCUT2D eigenvalue weighted by molar-refractivity contribution is 6.27. The highest BCUT2D eigenvalue weighted by atomic mass is 16.5. The predicted octanol–water partition coefficient (Wildman–Crippen LogP) is 1.30. The number of carbonyl (C=O) groups excluding carboxylic acids is 4. The molecule has 1 saturated heterocycles. The zero-order valence-corrected chi connectivity index (χ0v) is 13.4. The summed E-state index contributed by atoms with van der Waals surface area (Å²) in [5, 5.41) is 0. The second-order valence-corrected chi connectivity index (χ2v) is 5.47. The number of ether oxygens (including phenoxy) is 1. The first-order valence-corrected chi connectivity index (χ1v) is 7.41. The van der Waals surface area contributed by atoms with Gasteiger partial charge in [0.15, 0.2) is 17.0 Å². The molecule has 1 fully saturated rings. The molecule has 23 heavy (non-hydrogen) atoms. The third kappa shape index (κ3) is 2.54. The average Bonchev–Trinajstić information content (AvgIpc) is 2.50. The van der Waals surface area contributed by atoms with Gasteiger partial charge in [0.1, 0.15) is 6.54 Å². The zero-order valence-electron chi connectivity index (χ0n) is 13.4.